The number of alkyl halides is 3. The minimum Gasteiger partial charge on any atom is -0.334 e. The number of halogens is 4. The van der Waals surface area contributed by atoms with Gasteiger partial charge in [-0.1, -0.05) is 5.16 Å². The molecule has 4 nitrogen and oxygen atoms in total. The largest absolute Gasteiger partial charge is 0.416 e. The summed E-state index contributed by atoms with van der Waals surface area (Å²) in [5, 5.41) is 3.55. The van der Waals surface area contributed by atoms with E-state index in [4.69, 9.17) is 10.3 Å². The van der Waals surface area contributed by atoms with Crippen molar-refractivity contribution in [1.82, 2.24) is 10.1 Å². The van der Waals surface area contributed by atoms with Gasteiger partial charge >= 0.3 is 6.18 Å². The zero-order chi connectivity index (χ0) is 14.9. The molecule has 0 saturated heterocycles. The van der Waals surface area contributed by atoms with Crippen LogP contribution in [0.3, 0.4) is 0 Å². The molecule has 2 aromatic rings. The van der Waals surface area contributed by atoms with Gasteiger partial charge in [-0.25, -0.2) is 4.39 Å². The Balaban J connectivity index is 2.39. The van der Waals surface area contributed by atoms with E-state index in [1.54, 1.807) is 6.92 Å². The summed E-state index contributed by atoms with van der Waals surface area (Å²) in [5.74, 6) is -0.954. The lowest BCUT2D eigenvalue weighted by molar-refractivity contribution is -0.137. The van der Waals surface area contributed by atoms with Gasteiger partial charge in [-0.15, -0.1) is 0 Å². The molecule has 2 N–H and O–H groups in total. The van der Waals surface area contributed by atoms with Crippen LogP contribution in [-0.2, 0) is 12.6 Å². The van der Waals surface area contributed by atoms with Crippen molar-refractivity contribution in [1.29, 1.82) is 0 Å². The topological polar surface area (TPSA) is 64.9 Å². The van der Waals surface area contributed by atoms with E-state index >= 15 is 0 Å². The van der Waals surface area contributed by atoms with Crippen molar-refractivity contribution in [3.05, 3.63) is 35.4 Å². The third-order valence-corrected chi connectivity index (χ3v) is 2.50. The van der Waals surface area contributed by atoms with Crippen LogP contribution in [0.25, 0.3) is 11.5 Å². The minimum atomic E-state index is -4.57. The van der Waals surface area contributed by atoms with Crippen molar-refractivity contribution in [2.24, 2.45) is 5.73 Å². The van der Waals surface area contributed by atoms with Gasteiger partial charge < -0.3 is 10.3 Å². The van der Waals surface area contributed by atoms with Gasteiger partial charge in [-0.05, 0) is 25.1 Å². The van der Waals surface area contributed by atoms with Crippen LogP contribution in [0.15, 0.2) is 22.7 Å². The van der Waals surface area contributed by atoms with Crippen molar-refractivity contribution in [2.45, 2.75) is 25.6 Å². The molecule has 8 heteroatoms. The first-order valence-corrected chi connectivity index (χ1v) is 5.72. The third-order valence-electron chi connectivity index (χ3n) is 2.50. The molecule has 0 saturated carbocycles. The van der Waals surface area contributed by atoms with Gasteiger partial charge in [0.2, 0.25) is 0 Å². The third kappa shape index (κ3) is 3.13. The second-order valence-corrected chi connectivity index (χ2v) is 4.39. The molecule has 20 heavy (non-hydrogen) atoms. The Bertz CT molecular complexity index is 607. The summed E-state index contributed by atoms with van der Waals surface area (Å²) in [6.07, 6.45) is -4.29. The van der Waals surface area contributed by atoms with Gasteiger partial charge in [-0.2, -0.15) is 18.2 Å². The molecule has 1 aromatic heterocycles. The van der Waals surface area contributed by atoms with E-state index in [1.807, 2.05) is 0 Å². The molecule has 2 rings (SSSR count). The Hall–Kier alpha value is -1.96. The summed E-state index contributed by atoms with van der Waals surface area (Å²) < 4.78 is 56.1. The highest BCUT2D eigenvalue weighted by Crippen LogP contribution is 2.33. The van der Waals surface area contributed by atoms with Crippen molar-refractivity contribution in [3.8, 4) is 11.5 Å². The summed E-state index contributed by atoms with van der Waals surface area (Å²) in [5.41, 5.74) is 4.17. The van der Waals surface area contributed by atoms with Crippen molar-refractivity contribution in [3.63, 3.8) is 0 Å². The number of rotatable bonds is 3. The number of benzene rings is 1. The smallest absolute Gasteiger partial charge is 0.334 e. The standard InChI is InChI=1S/C12H11F4N3O/c1-6(17)4-10-18-11(20-19-10)8-5-7(12(14,15)16)2-3-9(8)13/h2-3,5-6H,4,17H2,1H3. The lowest BCUT2D eigenvalue weighted by atomic mass is 10.1. The van der Waals surface area contributed by atoms with Gasteiger partial charge in [0.25, 0.3) is 5.89 Å². The highest BCUT2D eigenvalue weighted by atomic mass is 19.4. The van der Waals surface area contributed by atoms with Gasteiger partial charge in [0.1, 0.15) is 5.82 Å². The normalized spacial score (nSPS) is 13.5. The summed E-state index contributed by atoms with van der Waals surface area (Å²) in [6, 6.07) is 1.76. The first-order chi connectivity index (χ1) is 9.27. The molecule has 0 fully saturated rings. The molecule has 0 aliphatic rings. The van der Waals surface area contributed by atoms with E-state index in [1.165, 1.54) is 0 Å². The average molecular weight is 289 g/mol. The molecule has 0 amide bonds. The molecule has 0 aliphatic carbocycles. The van der Waals surface area contributed by atoms with Crippen molar-refractivity contribution < 1.29 is 22.1 Å². The number of nitrogens with two attached hydrogens (primary N) is 1. The Labute approximate surface area is 111 Å². The molecule has 0 bridgehead atoms. The van der Waals surface area contributed by atoms with Crippen LogP contribution < -0.4 is 5.73 Å². The maximum absolute atomic E-state index is 13.6. The SMILES string of the molecule is CC(N)Cc1noc(-c2cc(C(F)(F)F)ccc2F)n1. The molecular formula is C12H11F4N3O. The van der Waals surface area contributed by atoms with Gasteiger partial charge in [0.15, 0.2) is 5.82 Å². The Morgan fingerprint density at radius 1 is 1.35 bits per heavy atom. The quantitative estimate of drug-likeness (QED) is 0.882. The van der Waals surface area contributed by atoms with E-state index in [-0.39, 0.29) is 29.7 Å². The number of aromatic nitrogens is 2. The Morgan fingerprint density at radius 3 is 2.65 bits per heavy atom. The summed E-state index contributed by atoms with van der Waals surface area (Å²) in [6.45, 7) is 1.71. The zero-order valence-electron chi connectivity index (χ0n) is 10.4. The summed E-state index contributed by atoms with van der Waals surface area (Å²) in [7, 11) is 0. The Morgan fingerprint density at radius 2 is 2.05 bits per heavy atom. The highest BCUT2D eigenvalue weighted by Gasteiger charge is 2.32. The van der Waals surface area contributed by atoms with E-state index in [9.17, 15) is 17.6 Å². The lowest BCUT2D eigenvalue weighted by Gasteiger charge is -2.07. The number of hydrogen-bond acceptors (Lipinski definition) is 4. The fraction of sp³-hybridized carbons (Fsp3) is 0.333. The first-order valence-electron chi connectivity index (χ1n) is 5.72. The maximum Gasteiger partial charge on any atom is 0.416 e. The summed E-state index contributed by atoms with van der Waals surface area (Å²) in [4.78, 5) is 3.84. The van der Waals surface area contributed by atoms with Crippen LogP contribution in [0.2, 0.25) is 0 Å². The van der Waals surface area contributed by atoms with Crippen LogP contribution in [0, 0.1) is 5.82 Å². The molecule has 1 heterocycles. The van der Waals surface area contributed by atoms with E-state index in [0.717, 1.165) is 0 Å². The van der Waals surface area contributed by atoms with E-state index in [0.29, 0.717) is 18.2 Å². The maximum atomic E-state index is 13.6. The Kier molecular flexibility index (Phi) is 3.76. The minimum absolute atomic E-state index is 0.215. The molecule has 1 unspecified atom stereocenters. The van der Waals surface area contributed by atoms with Gasteiger partial charge in [-0.3, -0.25) is 0 Å². The molecule has 0 spiro atoms. The van der Waals surface area contributed by atoms with Crippen LogP contribution in [0.1, 0.15) is 18.3 Å². The molecular weight excluding hydrogens is 278 g/mol. The second kappa shape index (κ2) is 5.20. The summed E-state index contributed by atoms with van der Waals surface area (Å²) >= 11 is 0. The average Bonchev–Trinajstić information content (AvgIpc) is 2.75. The molecule has 1 aromatic carbocycles. The van der Waals surface area contributed by atoms with Crippen molar-refractivity contribution in [2.75, 3.05) is 0 Å². The van der Waals surface area contributed by atoms with Crippen LogP contribution in [0.5, 0.6) is 0 Å². The van der Waals surface area contributed by atoms with E-state index in [2.05, 4.69) is 10.1 Å². The number of nitrogens with zero attached hydrogens (tertiary/aromatic N) is 2. The van der Waals surface area contributed by atoms with Crippen LogP contribution >= 0.6 is 0 Å². The van der Waals surface area contributed by atoms with Gasteiger partial charge in [0.05, 0.1) is 11.1 Å². The molecule has 1 atom stereocenters. The molecule has 0 radical (unpaired) electrons. The molecule has 0 aliphatic heterocycles. The van der Waals surface area contributed by atoms with Crippen LogP contribution in [-0.4, -0.2) is 16.2 Å². The predicted octanol–water partition coefficient (Wildman–Crippen LogP) is 2.78. The number of hydrogen-bond donors (Lipinski definition) is 1. The zero-order valence-corrected chi connectivity index (χ0v) is 10.4. The second-order valence-electron chi connectivity index (χ2n) is 4.39. The highest BCUT2D eigenvalue weighted by molar-refractivity contribution is 5.55. The lowest BCUT2D eigenvalue weighted by Crippen LogP contribution is -2.18. The molecule has 108 valence electrons. The van der Waals surface area contributed by atoms with Crippen LogP contribution in [0.4, 0.5) is 17.6 Å². The fourth-order valence-corrected chi connectivity index (χ4v) is 1.60. The monoisotopic (exact) mass is 289 g/mol. The first kappa shape index (κ1) is 14.4. The van der Waals surface area contributed by atoms with E-state index < -0.39 is 17.6 Å². The van der Waals surface area contributed by atoms with Gasteiger partial charge in [0, 0.05) is 12.5 Å². The van der Waals surface area contributed by atoms with Crippen molar-refractivity contribution >= 4 is 0 Å². The predicted molar refractivity (Wildman–Crippen MR) is 62.0 cm³/mol. The fourth-order valence-electron chi connectivity index (χ4n) is 1.60.